The van der Waals surface area contributed by atoms with E-state index in [-0.39, 0.29) is 5.60 Å². The molecular formula is C12H13Cl3N2O. The summed E-state index contributed by atoms with van der Waals surface area (Å²) in [5, 5.41) is 5.62. The molecule has 0 unspecified atom stereocenters. The monoisotopic (exact) mass is 306 g/mol. The summed E-state index contributed by atoms with van der Waals surface area (Å²) in [6.07, 6.45) is 1.80. The molecule has 2 rings (SSSR count). The molecule has 0 aliphatic heterocycles. The first-order valence-corrected chi connectivity index (χ1v) is 6.79. The topological polar surface area (TPSA) is 33.6 Å². The molecule has 1 aromatic carbocycles. The first-order valence-electron chi connectivity index (χ1n) is 5.66. The van der Waals surface area contributed by atoms with Gasteiger partial charge in [0.25, 0.3) is 0 Å². The second kappa shape index (κ2) is 5.66. The average molecular weight is 308 g/mol. The lowest BCUT2D eigenvalue weighted by Gasteiger charge is -2.13. The minimum atomic E-state index is -0.387. The third kappa shape index (κ3) is 3.09. The number of rotatable bonds is 5. The fourth-order valence-electron chi connectivity index (χ4n) is 1.59. The van der Waals surface area contributed by atoms with Gasteiger partial charge in [-0.1, -0.05) is 34.8 Å². The van der Waals surface area contributed by atoms with Gasteiger partial charge in [0.2, 0.25) is 0 Å². The van der Waals surface area contributed by atoms with Gasteiger partial charge in [-0.2, -0.15) is 5.10 Å². The molecule has 6 heteroatoms. The molecule has 1 aliphatic rings. The van der Waals surface area contributed by atoms with Gasteiger partial charge in [0.15, 0.2) is 5.17 Å². The maximum atomic E-state index is 6.14. The molecule has 1 fully saturated rings. The summed E-state index contributed by atoms with van der Waals surface area (Å²) < 4.78 is 5.58. The Hall–Kier alpha value is -0.480. The van der Waals surface area contributed by atoms with Crippen LogP contribution in [0.4, 0.5) is 5.69 Å². The molecule has 1 aromatic rings. The van der Waals surface area contributed by atoms with Crippen LogP contribution in [0.5, 0.6) is 0 Å². The Bertz CT molecular complexity index is 472. The quantitative estimate of drug-likeness (QED) is 0.640. The predicted molar refractivity (Wildman–Crippen MR) is 77.0 cm³/mol. The van der Waals surface area contributed by atoms with Crippen molar-refractivity contribution in [3.05, 3.63) is 28.2 Å². The highest BCUT2D eigenvalue weighted by molar-refractivity contribution is 6.67. The van der Waals surface area contributed by atoms with Crippen molar-refractivity contribution in [3.8, 4) is 0 Å². The summed E-state index contributed by atoms with van der Waals surface area (Å²) >= 11 is 18.0. The van der Waals surface area contributed by atoms with Crippen LogP contribution in [0.3, 0.4) is 0 Å². The molecule has 1 aliphatic carbocycles. The Balaban J connectivity index is 2.06. The van der Waals surface area contributed by atoms with Crippen molar-refractivity contribution in [1.29, 1.82) is 0 Å². The normalized spacial score (nSPS) is 17.7. The summed E-state index contributed by atoms with van der Waals surface area (Å²) in [7, 11) is 0. The van der Waals surface area contributed by atoms with Gasteiger partial charge in [0.1, 0.15) is 5.60 Å². The first kappa shape index (κ1) is 13.9. The molecule has 0 bridgehead atoms. The lowest BCUT2D eigenvalue weighted by molar-refractivity contribution is 0.0936. The van der Waals surface area contributed by atoms with E-state index in [9.17, 15) is 0 Å². The van der Waals surface area contributed by atoms with Gasteiger partial charge >= 0.3 is 0 Å². The van der Waals surface area contributed by atoms with Crippen molar-refractivity contribution in [2.45, 2.75) is 25.4 Å². The molecule has 1 N–H and O–H groups in total. The van der Waals surface area contributed by atoms with Gasteiger partial charge < -0.3 is 4.74 Å². The van der Waals surface area contributed by atoms with Crippen molar-refractivity contribution in [2.24, 2.45) is 5.10 Å². The Morgan fingerprint density at radius 2 is 2.17 bits per heavy atom. The summed E-state index contributed by atoms with van der Waals surface area (Å²) in [6.45, 7) is 2.56. The molecule has 0 radical (unpaired) electrons. The zero-order valence-electron chi connectivity index (χ0n) is 9.84. The van der Waals surface area contributed by atoms with Crippen LogP contribution >= 0.6 is 34.8 Å². The molecule has 0 spiro atoms. The highest BCUT2D eigenvalue weighted by Crippen LogP contribution is 2.42. The Kier molecular flexibility index (Phi) is 4.38. The standard InChI is InChI=1S/C12H13Cl3N2O/c1-2-18-12(5-6-12)11(15)17-16-10-4-3-8(13)7-9(10)14/h3-4,7,16H,2,5-6H2,1H3/b17-11-. The highest BCUT2D eigenvalue weighted by atomic mass is 35.5. The SMILES string of the molecule is CCOC1(/C(Cl)=N/Nc2ccc(Cl)cc2Cl)CC1. The molecule has 0 saturated heterocycles. The van der Waals surface area contributed by atoms with E-state index in [1.54, 1.807) is 18.2 Å². The van der Waals surface area contributed by atoms with E-state index in [0.717, 1.165) is 12.8 Å². The highest BCUT2D eigenvalue weighted by Gasteiger charge is 2.48. The second-order valence-electron chi connectivity index (χ2n) is 4.07. The lowest BCUT2D eigenvalue weighted by atomic mass is 10.3. The van der Waals surface area contributed by atoms with E-state index in [1.807, 2.05) is 6.92 Å². The number of benzene rings is 1. The van der Waals surface area contributed by atoms with E-state index in [2.05, 4.69) is 10.5 Å². The number of nitrogens with zero attached hydrogens (tertiary/aromatic N) is 1. The zero-order chi connectivity index (χ0) is 13.2. The van der Waals surface area contributed by atoms with Crippen molar-refractivity contribution < 1.29 is 4.74 Å². The van der Waals surface area contributed by atoms with Crippen LogP contribution < -0.4 is 5.43 Å². The first-order chi connectivity index (χ1) is 8.57. The number of hydrogen-bond donors (Lipinski definition) is 1. The van der Waals surface area contributed by atoms with Crippen molar-refractivity contribution in [1.82, 2.24) is 0 Å². The smallest absolute Gasteiger partial charge is 0.158 e. The van der Waals surface area contributed by atoms with E-state index < -0.39 is 0 Å². The van der Waals surface area contributed by atoms with Gasteiger partial charge in [-0.15, -0.1) is 0 Å². The number of nitrogens with one attached hydrogen (secondary N) is 1. The van der Waals surface area contributed by atoms with Gasteiger partial charge in [-0.3, -0.25) is 5.43 Å². The number of hydrazone groups is 1. The summed E-state index contributed by atoms with van der Waals surface area (Å²) in [4.78, 5) is 0. The van der Waals surface area contributed by atoms with Gasteiger partial charge in [-0.05, 0) is 38.0 Å². The van der Waals surface area contributed by atoms with E-state index in [4.69, 9.17) is 39.5 Å². The summed E-state index contributed by atoms with van der Waals surface area (Å²) in [5.74, 6) is 0. The number of ether oxygens (including phenoxy) is 1. The molecular weight excluding hydrogens is 295 g/mol. The summed E-state index contributed by atoms with van der Waals surface area (Å²) in [5.41, 5.74) is 3.10. The largest absolute Gasteiger partial charge is 0.368 e. The maximum absolute atomic E-state index is 6.14. The Morgan fingerprint density at radius 3 is 2.72 bits per heavy atom. The third-order valence-corrected chi connectivity index (χ3v) is 3.68. The van der Waals surface area contributed by atoms with Gasteiger partial charge in [0, 0.05) is 11.6 Å². The van der Waals surface area contributed by atoms with Gasteiger partial charge in [0.05, 0.1) is 10.7 Å². The fourth-order valence-corrected chi connectivity index (χ4v) is 2.33. The predicted octanol–water partition coefficient (Wildman–Crippen LogP) is 4.53. The number of anilines is 1. The van der Waals surface area contributed by atoms with Gasteiger partial charge in [-0.25, -0.2) is 0 Å². The Morgan fingerprint density at radius 1 is 1.44 bits per heavy atom. The van der Waals surface area contributed by atoms with Crippen LogP contribution in [0, 0.1) is 0 Å². The van der Waals surface area contributed by atoms with Crippen LogP contribution in [0.2, 0.25) is 10.0 Å². The molecule has 0 heterocycles. The van der Waals surface area contributed by atoms with E-state index in [0.29, 0.717) is 27.5 Å². The Labute approximate surface area is 121 Å². The number of halogens is 3. The zero-order valence-corrected chi connectivity index (χ0v) is 12.1. The van der Waals surface area contributed by atoms with E-state index in [1.165, 1.54) is 0 Å². The lowest BCUT2D eigenvalue weighted by Crippen LogP contribution is -2.23. The molecule has 1 saturated carbocycles. The van der Waals surface area contributed by atoms with Crippen molar-refractivity contribution in [2.75, 3.05) is 12.0 Å². The molecule has 98 valence electrons. The second-order valence-corrected chi connectivity index (χ2v) is 5.27. The summed E-state index contributed by atoms with van der Waals surface area (Å²) in [6, 6.07) is 5.12. The van der Waals surface area contributed by atoms with Crippen LogP contribution in [0.15, 0.2) is 23.3 Å². The minimum Gasteiger partial charge on any atom is -0.368 e. The molecule has 18 heavy (non-hydrogen) atoms. The average Bonchev–Trinajstić information content (AvgIpc) is 3.09. The molecule has 0 aromatic heterocycles. The molecule has 0 atom stereocenters. The van der Waals surface area contributed by atoms with Crippen LogP contribution in [0.1, 0.15) is 19.8 Å². The number of hydrogen-bond acceptors (Lipinski definition) is 3. The molecule has 0 amide bonds. The van der Waals surface area contributed by atoms with E-state index >= 15 is 0 Å². The van der Waals surface area contributed by atoms with Crippen molar-refractivity contribution in [3.63, 3.8) is 0 Å². The minimum absolute atomic E-state index is 0.387. The van der Waals surface area contributed by atoms with Crippen LogP contribution in [-0.2, 0) is 4.74 Å². The van der Waals surface area contributed by atoms with Crippen LogP contribution in [-0.4, -0.2) is 17.4 Å². The third-order valence-electron chi connectivity index (χ3n) is 2.71. The van der Waals surface area contributed by atoms with Crippen molar-refractivity contribution >= 4 is 45.7 Å². The molecule has 3 nitrogen and oxygen atoms in total. The maximum Gasteiger partial charge on any atom is 0.158 e. The fraction of sp³-hybridized carbons (Fsp3) is 0.417. The van der Waals surface area contributed by atoms with Crippen LogP contribution in [0.25, 0.3) is 0 Å².